The van der Waals surface area contributed by atoms with Crippen molar-refractivity contribution in [3.63, 3.8) is 0 Å². The molecular formula is C19H16Cl2N4O. The van der Waals surface area contributed by atoms with Crippen molar-refractivity contribution in [1.29, 1.82) is 0 Å². The van der Waals surface area contributed by atoms with Gasteiger partial charge in [-0.25, -0.2) is 9.97 Å². The van der Waals surface area contributed by atoms with Crippen LogP contribution in [0.15, 0.2) is 54.9 Å². The first-order chi connectivity index (χ1) is 12.6. The Labute approximate surface area is 161 Å². The van der Waals surface area contributed by atoms with Gasteiger partial charge in [0.15, 0.2) is 0 Å². The number of rotatable bonds is 5. The van der Waals surface area contributed by atoms with E-state index in [2.05, 4.69) is 27.5 Å². The Morgan fingerprint density at radius 2 is 1.77 bits per heavy atom. The van der Waals surface area contributed by atoms with E-state index in [-0.39, 0.29) is 5.91 Å². The van der Waals surface area contributed by atoms with E-state index in [4.69, 9.17) is 23.2 Å². The van der Waals surface area contributed by atoms with Gasteiger partial charge in [-0.05, 0) is 36.2 Å². The average Bonchev–Trinajstić information content (AvgIpc) is 2.65. The fraction of sp³-hybridized carbons (Fsp3) is 0.105. The lowest BCUT2D eigenvalue weighted by atomic mass is 10.1. The summed E-state index contributed by atoms with van der Waals surface area (Å²) in [5.74, 6) is 0.0536. The third-order valence-corrected chi connectivity index (χ3v) is 4.30. The molecule has 132 valence electrons. The van der Waals surface area contributed by atoms with E-state index < -0.39 is 0 Å². The summed E-state index contributed by atoms with van der Waals surface area (Å²) in [6.07, 6.45) is 3.80. The molecule has 0 saturated carbocycles. The molecule has 0 atom stereocenters. The number of nitrogens with zero attached hydrogens (tertiary/aromatic N) is 2. The molecule has 26 heavy (non-hydrogen) atoms. The zero-order chi connectivity index (χ0) is 18.5. The van der Waals surface area contributed by atoms with Gasteiger partial charge in [-0.1, -0.05) is 48.3 Å². The van der Waals surface area contributed by atoms with Gasteiger partial charge in [-0.3, -0.25) is 4.79 Å². The smallest absolute Gasteiger partial charge is 0.258 e. The Hall–Kier alpha value is -2.63. The molecule has 0 bridgehead atoms. The summed E-state index contributed by atoms with van der Waals surface area (Å²) >= 11 is 12.0. The third kappa shape index (κ3) is 4.31. The van der Waals surface area contributed by atoms with Crippen molar-refractivity contribution in [2.75, 3.05) is 10.6 Å². The van der Waals surface area contributed by atoms with Gasteiger partial charge in [0.05, 0.1) is 16.3 Å². The number of benzene rings is 2. The van der Waals surface area contributed by atoms with Gasteiger partial charge in [0.2, 0.25) is 5.95 Å². The largest absolute Gasteiger partial charge is 0.324 e. The summed E-state index contributed by atoms with van der Waals surface area (Å²) in [5, 5.41) is 6.74. The first kappa shape index (κ1) is 18.2. The number of carbonyl (C=O) groups excluding carboxylic acids is 1. The molecule has 7 heteroatoms. The lowest BCUT2D eigenvalue weighted by Gasteiger charge is -2.10. The summed E-state index contributed by atoms with van der Waals surface area (Å²) in [5.41, 5.74) is 2.85. The fourth-order valence-electron chi connectivity index (χ4n) is 2.37. The zero-order valence-corrected chi connectivity index (χ0v) is 15.5. The summed E-state index contributed by atoms with van der Waals surface area (Å²) in [6, 6.07) is 12.8. The first-order valence-electron chi connectivity index (χ1n) is 8.00. The number of hydrogen-bond acceptors (Lipinski definition) is 4. The van der Waals surface area contributed by atoms with E-state index in [1.807, 2.05) is 24.3 Å². The second-order valence-corrected chi connectivity index (χ2v) is 6.35. The van der Waals surface area contributed by atoms with Crippen LogP contribution in [0.3, 0.4) is 0 Å². The standard InChI is InChI=1S/C19H16Cl2N4O/c1-2-12-5-3-4-6-16(12)25-19-22-10-13(11-23-19)18(26)24-17-9-14(20)7-8-15(17)21/h3-11H,2H2,1H3,(H,24,26)(H,22,23,25). The van der Waals surface area contributed by atoms with Crippen LogP contribution in [0, 0.1) is 0 Å². The molecule has 2 N–H and O–H groups in total. The Kier molecular flexibility index (Phi) is 5.71. The molecule has 0 aliphatic carbocycles. The summed E-state index contributed by atoms with van der Waals surface area (Å²) < 4.78 is 0. The van der Waals surface area contributed by atoms with Crippen molar-refractivity contribution in [3.05, 3.63) is 76.0 Å². The summed E-state index contributed by atoms with van der Waals surface area (Å²) in [7, 11) is 0. The number of aromatic nitrogens is 2. The van der Waals surface area contributed by atoms with Gasteiger partial charge >= 0.3 is 0 Å². The highest BCUT2D eigenvalue weighted by molar-refractivity contribution is 6.35. The van der Waals surface area contributed by atoms with Crippen molar-refractivity contribution >= 4 is 46.4 Å². The van der Waals surface area contributed by atoms with Gasteiger partial charge in [-0.15, -0.1) is 0 Å². The van der Waals surface area contributed by atoms with Crippen molar-refractivity contribution in [3.8, 4) is 0 Å². The van der Waals surface area contributed by atoms with E-state index in [1.54, 1.807) is 18.2 Å². The van der Waals surface area contributed by atoms with Crippen LogP contribution in [0.25, 0.3) is 0 Å². The average molecular weight is 387 g/mol. The maximum atomic E-state index is 12.3. The number of aryl methyl sites for hydroxylation is 1. The Morgan fingerprint density at radius 3 is 2.50 bits per heavy atom. The van der Waals surface area contributed by atoms with E-state index in [1.165, 1.54) is 12.4 Å². The van der Waals surface area contributed by atoms with Gasteiger partial charge in [0, 0.05) is 23.1 Å². The summed E-state index contributed by atoms with van der Waals surface area (Å²) in [4.78, 5) is 20.8. The van der Waals surface area contributed by atoms with Crippen LogP contribution in [0.4, 0.5) is 17.3 Å². The van der Waals surface area contributed by atoms with Gasteiger partial charge in [0.1, 0.15) is 0 Å². The van der Waals surface area contributed by atoms with E-state index in [0.717, 1.165) is 17.7 Å². The minimum atomic E-state index is -0.366. The van der Waals surface area contributed by atoms with Crippen molar-refractivity contribution in [2.45, 2.75) is 13.3 Å². The van der Waals surface area contributed by atoms with E-state index in [0.29, 0.717) is 27.2 Å². The molecule has 0 saturated heterocycles. The molecule has 1 heterocycles. The van der Waals surface area contributed by atoms with Crippen LogP contribution in [0.5, 0.6) is 0 Å². The van der Waals surface area contributed by atoms with Crippen molar-refractivity contribution < 1.29 is 4.79 Å². The quantitative estimate of drug-likeness (QED) is 0.620. The van der Waals surface area contributed by atoms with Gasteiger partial charge in [0.25, 0.3) is 5.91 Å². The van der Waals surface area contributed by atoms with Crippen LogP contribution in [-0.4, -0.2) is 15.9 Å². The number of para-hydroxylation sites is 1. The second kappa shape index (κ2) is 8.17. The minimum Gasteiger partial charge on any atom is -0.324 e. The molecule has 0 spiro atoms. The fourth-order valence-corrected chi connectivity index (χ4v) is 2.71. The highest BCUT2D eigenvalue weighted by Crippen LogP contribution is 2.26. The first-order valence-corrected chi connectivity index (χ1v) is 8.76. The maximum Gasteiger partial charge on any atom is 0.258 e. The highest BCUT2D eigenvalue weighted by atomic mass is 35.5. The number of amides is 1. The SMILES string of the molecule is CCc1ccccc1Nc1ncc(C(=O)Nc2cc(Cl)ccc2Cl)cn1. The minimum absolute atomic E-state index is 0.315. The molecule has 1 aromatic heterocycles. The Bertz CT molecular complexity index is 929. The predicted octanol–water partition coefficient (Wildman–Crippen LogP) is 5.34. The number of halogens is 2. The summed E-state index contributed by atoms with van der Waals surface area (Å²) in [6.45, 7) is 2.08. The molecule has 0 fully saturated rings. The lowest BCUT2D eigenvalue weighted by molar-refractivity contribution is 0.102. The Balaban J connectivity index is 1.73. The number of nitrogens with one attached hydrogen (secondary N) is 2. The number of carbonyl (C=O) groups is 1. The Morgan fingerprint density at radius 1 is 1.04 bits per heavy atom. The van der Waals surface area contributed by atoms with Crippen LogP contribution in [0.2, 0.25) is 10.0 Å². The lowest BCUT2D eigenvalue weighted by Crippen LogP contribution is -2.13. The van der Waals surface area contributed by atoms with Crippen LogP contribution < -0.4 is 10.6 Å². The molecule has 0 radical (unpaired) electrons. The van der Waals surface area contributed by atoms with Crippen molar-refractivity contribution in [1.82, 2.24) is 9.97 Å². The molecule has 3 rings (SSSR count). The topological polar surface area (TPSA) is 66.9 Å². The number of anilines is 3. The van der Waals surface area contributed by atoms with Crippen LogP contribution in [0.1, 0.15) is 22.8 Å². The highest BCUT2D eigenvalue weighted by Gasteiger charge is 2.11. The normalized spacial score (nSPS) is 10.4. The monoisotopic (exact) mass is 386 g/mol. The molecule has 0 unspecified atom stereocenters. The maximum absolute atomic E-state index is 12.3. The molecule has 3 aromatic rings. The van der Waals surface area contributed by atoms with E-state index >= 15 is 0 Å². The molecular weight excluding hydrogens is 371 g/mol. The molecule has 1 amide bonds. The van der Waals surface area contributed by atoms with Crippen LogP contribution >= 0.6 is 23.2 Å². The van der Waals surface area contributed by atoms with Gasteiger partial charge in [-0.2, -0.15) is 0 Å². The van der Waals surface area contributed by atoms with Crippen molar-refractivity contribution in [2.24, 2.45) is 0 Å². The second-order valence-electron chi connectivity index (χ2n) is 5.51. The zero-order valence-electron chi connectivity index (χ0n) is 14.0. The third-order valence-electron chi connectivity index (χ3n) is 3.74. The number of hydrogen-bond donors (Lipinski definition) is 2. The molecule has 2 aromatic carbocycles. The van der Waals surface area contributed by atoms with Gasteiger partial charge < -0.3 is 10.6 Å². The molecule has 0 aliphatic heterocycles. The predicted molar refractivity (Wildman–Crippen MR) is 106 cm³/mol. The van der Waals surface area contributed by atoms with E-state index in [9.17, 15) is 4.79 Å². The van der Waals surface area contributed by atoms with Crippen LogP contribution in [-0.2, 0) is 6.42 Å². The molecule has 0 aliphatic rings. The molecule has 5 nitrogen and oxygen atoms in total.